The van der Waals surface area contributed by atoms with E-state index in [1.807, 2.05) is 25.1 Å². The maximum absolute atomic E-state index is 11.6. The molecule has 0 heterocycles. The first-order valence-electron chi connectivity index (χ1n) is 6.64. The molecule has 0 amide bonds. The molecule has 3 heteroatoms. The van der Waals surface area contributed by atoms with Crippen LogP contribution >= 0.6 is 0 Å². The molecule has 0 radical (unpaired) electrons. The molecule has 0 aliphatic heterocycles. The summed E-state index contributed by atoms with van der Waals surface area (Å²) in [6.07, 6.45) is 3.51. The van der Waals surface area contributed by atoms with Crippen LogP contribution in [0.4, 0.5) is 0 Å². The molecule has 1 rings (SSSR count). The van der Waals surface area contributed by atoms with Gasteiger partial charge in [-0.15, -0.1) is 0 Å². The molecule has 0 aliphatic rings. The van der Waals surface area contributed by atoms with E-state index in [4.69, 9.17) is 10.5 Å². The molecule has 1 aromatic rings. The van der Waals surface area contributed by atoms with Crippen LogP contribution in [0.3, 0.4) is 0 Å². The second kappa shape index (κ2) is 8.70. The van der Waals surface area contributed by atoms with Crippen LogP contribution in [0.1, 0.15) is 31.7 Å². The fourth-order valence-electron chi connectivity index (χ4n) is 1.78. The van der Waals surface area contributed by atoms with Crippen LogP contribution in [0.15, 0.2) is 30.3 Å². The van der Waals surface area contributed by atoms with Gasteiger partial charge in [0, 0.05) is 0 Å². The lowest BCUT2D eigenvalue weighted by Gasteiger charge is -2.10. The highest BCUT2D eigenvalue weighted by atomic mass is 16.5. The molecule has 18 heavy (non-hydrogen) atoms. The van der Waals surface area contributed by atoms with Crippen molar-refractivity contribution in [3.05, 3.63) is 35.9 Å². The molecule has 1 aromatic carbocycles. The number of rotatable bonds is 8. The summed E-state index contributed by atoms with van der Waals surface area (Å²) in [4.78, 5) is 11.6. The second-order valence-corrected chi connectivity index (χ2v) is 4.59. The van der Waals surface area contributed by atoms with Crippen LogP contribution in [0.5, 0.6) is 0 Å². The molecule has 0 aromatic heterocycles. The summed E-state index contributed by atoms with van der Waals surface area (Å²) < 4.78 is 5.24. The van der Waals surface area contributed by atoms with Gasteiger partial charge < -0.3 is 10.5 Å². The number of ether oxygens (including phenoxy) is 1. The van der Waals surface area contributed by atoms with Crippen molar-refractivity contribution >= 4 is 5.97 Å². The van der Waals surface area contributed by atoms with Gasteiger partial charge in [-0.1, -0.05) is 37.3 Å². The molecule has 100 valence electrons. The molecule has 3 nitrogen and oxygen atoms in total. The third-order valence-corrected chi connectivity index (χ3v) is 2.94. The predicted molar refractivity (Wildman–Crippen MR) is 73.2 cm³/mol. The molecule has 2 N–H and O–H groups in total. The minimum Gasteiger partial charge on any atom is -0.465 e. The highest BCUT2D eigenvalue weighted by Crippen LogP contribution is 2.08. The van der Waals surface area contributed by atoms with Gasteiger partial charge in [-0.3, -0.25) is 4.79 Å². The van der Waals surface area contributed by atoms with E-state index in [2.05, 4.69) is 12.1 Å². The Balaban J connectivity index is 2.12. The average molecular weight is 249 g/mol. The molecule has 1 atom stereocenters. The lowest BCUT2D eigenvalue weighted by molar-refractivity contribution is -0.148. The van der Waals surface area contributed by atoms with Gasteiger partial charge in [0.2, 0.25) is 0 Å². The summed E-state index contributed by atoms with van der Waals surface area (Å²) in [6.45, 7) is 3.03. The van der Waals surface area contributed by atoms with Gasteiger partial charge in [0.25, 0.3) is 0 Å². The summed E-state index contributed by atoms with van der Waals surface area (Å²) in [5.74, 6) is -0.137. The van der Waals surface area contributed by atoms with Crippen molar-refractivity contribution in [2.75, 3.05) is 13.2 Å². The Labute approximate surface area is 109 Å². The number of aryl methyl sites for hydroxylation is 1. The van der Waals surface area contributed by atoms with Crippen molar-refractivity contribution in [2.45, 2.75) is 32.6 Å². The van der Waals surface area contributed by atoms with E-state index in [0.29, 0.717) is 13.2 Å². The Morgan fingerprint density at radius 2 is 2.00 bits per heavy atom. The predicted octanol–water partition coefficient (Wildman–Crippen LogP) is 2.54. The van der Waals surface area contributed by atoms with Gasteiger partial charge in [0.15, 0.2) is 0 Å². The Hall–Kier alpha value is -1.35. The Kier molecular flexibility index (Phi) is 7.11. The quantitative estimate of drug-likeness (QED) is 0.569. The minimum absolute atomic E-state index is 0.0368. The van der Waals surface area contributed by atoms with Crippen LogP contribution < -0.4 is 5.73 Å². The highest BCUT2D eigenvalue weighted by molar-refractivity contribution is 5.71. The topological polar surface area (TPSA) is 52.3 Å². The number of nitrogens with two attached hydrogens (primary N) is 1. The van der Waals surface area contributed by atoms with E-state index in [9.17, 15) is 4.79 Å². The summed E-state index contributed by atoms with van der Waals surface area (Å²) >= 11 is 0. The fourth-order valence-corrected chi connectivity index (χ4v) is 1.78. The number of carbonyl (C=O) groups excluding carboxylic acids is 1. The molecule has 0 aliphatic carbocycles. The molecule has 0 saturated heterocycles. The van der Waals surface area contributed by atoms with Gasteiger partial charge in [0.05, 0.1) is 12.5 Å². The van der Waals surface area contributed by atoms with Gasteiger partial charge in [-0.2, -0.15) is 0 Å². The van der Waals surface area contributed by atoms with Gasteiger partial charge in [-0.25, -0.2) is 0 Å². The van der Waals surface area contributed by atoms with Crippen molar-refractivity contribution in [2.24, 2.45) is 11.7 Å². The maximum atomic E-state index is 11.6. The zero-order valence-corrected chi connectivity index (χ0v) is 11.1. The monoisotopic (exact) mass is 249 g/mol. The third kappa shape index (κ3) is 5.82. The van der Waals surface area contributed by atoms with Crippen LogP contribution in [-0.2, 0) is 16.0 Å². The zero-order chi connectivity index (χ0) is 13.2. The van der Waals surface area contributed by atoms with Gasteiger partial charge in [-0.05, 0) is 37.8 Å². The van der Waals surface area contributed by atoms with Gasteiger partial charge >= 0.3 is 5.97 Å². The van der Waals surface area contributed by atoms with Crippen LogP contribution in [0, 0.1) is 5.92 Å². The number of hydrogen-bond donors (Lipinski definition) is 1. The Morgan fingerprint density at radius 1 is 1.28 bits per heavy atom. The van der Waals surface area contributed by atoms with Crippen molar-refractivity contribution in [3.63, 3.8) is 0 Å². The zero-order valence-electron chi connectivity index (χ0n) is 11.1. The first kappa shape index (κ1) is 14.7. The van der Waals surface area contributed by atoms with E-state index >= 15 is 0 Å². The standard InChI is InChI=1S/C15H23NO2/c1-13(7-5-11-16)15(17)18-12-6-10-14-8-3-2-4-9-14/h2-4,8-9,13H,5-7,10-12,16H2,1H3. The summed E-state index contributed by atoms with van der Waals surface area (Å²) in [6, 6.07) is 10.2. The van der Waals surface area contributed by atoms with E-state index < -0.39 is 0 Å². The number of carbonyl (C=O) groups is 1. The largest absolute Gasteiger partial charge is 0.465 e. The first-order valence-corrected chi connectivity index (χ1v) is 6.64. The van der Waals surface area contributed by atoms with Crippen LogP contribution in [0.2, 0.25) is 0 Å². The Morgan fingerprint density at radius 3 is 2.67 bits per heavy atom. The number of esters is 1. The summed E-state index contributed by atoms with van der Waals surface area (Å²) in [5, 5.41) is 0. The van der Waals surface area contributed by atoms with E-state index in [1.54, 1.807) is 0 Å². The molecular weight excluding hydrogens is 226 g/mol. The van der Waals surface area contributed by atoms with Crippen LogP contribution in [-0.4, -0.2) is 19.1 Å². The molecular formula is C15H23NO2. The summed E-state index contributed by atoms with van der Waals surface area (Å²) in [5.41, 5.74) is 6.69. The molecule has 0 spiro atoms. The number of hydrogen-bond acceptors (Lipinski definition) is 3. The molecule has 0 bridgehead atoms. The third-order valence-electron chi connectivity index (χ3n) is 2.94. The van der Waals surface area contributed by atoms with E-state index in [0.717, 1.165) is 25.7 Å². The lowest BCUT2D eigenvalue weighted by atomic mass is 10.1. The fraction of sp³-hybridized carbons (Fsp3) is 0.533. The van der Waals surface area contributed by atoms with Crippen LogP contribution in [0.25, 0.3) is 0 Å². The SMILES string of the molecule is CC(CCCN)C(=O)OCCCc1ccccc1. The Bertz CT molecular complexity index is 338. The normalized spacial score (nSPS) is 12.1. The van der Waals surface area contributed by atoms with Gasteiger partial charge in [0.1, 0.15) is 0 Å². The second-order valence-electron chi connectivity index (χ2n) is 4.59. The number of benzene rings is 1. The van der Waals surface area contributed by atoms with E-state index in [-0.39, 0.29) is 11.9 Å². The van der Waals surface area contributed by atoms with Crippen molar-refractivity contribution in [3.8, 4) is 0 Å². The lowest BCUT2D eigenvalue weighted by Crippen LogP contribution is -2.17. The molecule has 0 saturated carbocycles. The van der Waals surface area contributed by atoms with E-state index in [1.165, 1.54) is 5.56 Å². The molecule has 1 unspecified atom stereocenters. The highest BCUT2D eigenvalue weighted by Gasteiger charge is 2.13. The minimum atomic E-state index is -0.100. The maximum Gasteiger partial charge on any atom is 0.308 e. The first-order chi connectivity index (χ1) is 8.74. The molecule has 0 fully saturated rings. The van der Waals surface area contributed by atoms with Crippen molar-refractivity contribution in [1.29, 1.82) is 0 Å². The summed E-state index contributed by atoms with van der Waals surface area (Å²) in [7, 11) is 0. The van der Waals surface area contributed by atoms with Crippen molar-refractivity contribution in [1.82, 2.24) is 0 Å². The average Bonchev–Trinajstić information content (AvgIpc) is 2.41. The van der Waals surface area contributed by atoms with Crippen molar-refractivity contribution < 1.29 is 9.53 Å². The smallest absolute Gasteiger partial charge is 0.308 e.